The highest BCUT2D eigenvalue weighted by molar-refractivity contribution is 6.33. The summed E-state index contributed by atoms with van der Waals surface area (Å²) < 4.78 is 16.0. The molecule has 0 spiro atoms. The Kier molecular flexibility index (Phi) is 4.73. The summed E-state index contributed by atoms with van der Waals surface area (Å²) in [7, 11) is 4.02. The maximum Gasteiger partial charge on any atom is 0.204 e. The quantitative estimate of drug-likeness (QED) is 0.605. The molecule has 1 aliphatic heterocycles. The molecule has 5 heteroatoms. The van der Waals surface area contributed by atoms with Gasteiger partial charge in [0.15, 0.2) is 0 Å². The topological polar surface area (TPSA) is 53.7 Å². The highest BCUT2D eigenvalue weighted by Gasteiger charge is 2.33. The molecule has 1 rings (SSSR count). The summed E-state index contributed by atoms with van der Waals surface area (Å²) in [5.74, 6) is 0.402. The summed E-state index contributed by atoms with van der Waals surface area (Å²) in [6.07, 6.45) is 1.10. The monoisotopic (exact) mass is 187 g/mol. The van der Waals surface area contributed by atoms with Gasteiger partial charge in [-0.25, -0.2) is 0 Å². The predicted octanol–water partition coefficient (Wildman–Crippen LogP) is -0.465. The van der Waals surface area contributed by atoms with Crippen LogP contribution in [-0.4, -0.2) is 47.1 Å². The minimum atomic E-state index is 0.0392. The van der Waals surface area contributed by atoms with E-state index >= 15 is 0 Å². The normalized spacial score (nSPS) is 34.5. The zero-order valence-electron chi connectivity index (χ0n) is 8.36. The van der Waals surface area contributed by atoms with Crippen molar-refractivity contribution in [3.63, 3.8) is 0 Å². The maximum atomic E-state index is 5.65. The molecule has 0 radical (unpaired) electrons. The first-order valence-electron chi connectivity index (χ1n) is 4.66. The number of methoxy groups -OCH3 is 2. The molecular formula is C8H18BNO3. The Bertz CT molecular complexity index is 145. The molecule has 0 aromatic carbocycles. The van der Waals surface area contributed by atoms with Crippen LogP contribution in [0.3, 0.4) is 0 Å². The molecule has 3 unspecified atom stereocenters. The van der Waals surface area contributed by atoms with E-state index in [2.05, 4.69) is 0 Å². The second kappa shape index (κ2) is 5.60. The lowest BCUT2D eigenvalue weighted by Crippen LogP contribution is -2.45. The standard InChI is InChI=1S/C8H18BNO3/c1-11-5-7-8(12-2)6(9-10)3-4-13-7/h6-9H,3-5,10H2,1-2H3. The van der Waals surface area contributed by atoms with Gasteiger partial charge < -0.3 is 19.9 Å². The Morgan fingerprint density at radius 1 is 1.54 bits per heavy atom. The van der Waals surface area contributed by atoms with Gasteiger partial charge in [0.05, 0.1) is 12.7 Å². The first-order valence-corrected chi connectivity index (χ1v) is 4.66. The average molecular weight is 187 g/mol. The summed E-state index contributed by atoms with van der Waals surface area (Å²) in [6.45, 7) is 1.34. The SMILES string of the molecule is COCC1OCCC(BN)C1OC. The summed E-state index contributed by atoms with van der Waals surface area (Å²) in [4.78, 5) is 0. The van der Waals surface area contributed by atoms with Gasteiger partial charge in [-0.05, 0) is 12.2 Å². The smallest absolute Gasteiger partial charge is 0.204 e. The van der Waals surface area contributed by atoms with Crippen LogP contribution >= 0.6 is 0 Å². The van der Waals surface area contributed by atoms with Gasteiger partial charge in [-0.2, -0.15) is 0 Å². The lowest BCUT2D eigenvalue weighted by molar-refractivity contribution is -0.114. The van der Waals surface area contributed by atoms with Crippen molar-refractivity contribution in [1.82, 2.24) is 0 Å². The van der Waals surface area contributed by atoms with Gasteiger partial charge in [-0.15, -0.1) is 0 Å². The largest absolute Gasteiger partial charge is 0.382 e. The first kappa shape index (κ1) is 11.0. The van der Waals surface area contributed by atoms with Crippen LogP contribution in [0.4, 0.5) is 0 Å². The van der Waals surface area contributed by atoms with Gasteiger partial charge in [-0.1, -0.05) is 0 Å². The van der Waals surface area contributed by atoms with Crippen LogP contribution in [0.1, 0.15) is 6.42 Å². The van der Waals surface area contributed by atoms with Crippen molar-refractivity contribution in [1.29, 1.82) is 0 Å². The minimum Gasteiger partial charge on any atom is -0.382 e. The van der Waals surface area contributed by atoms with E-state index < -0.39 is 0 Å². The molecule has 0 bridgehead atoms. The van der Waals surface area contributed by atoms with Crippen LogP contribution in [0.5, 0.6) is 0 Å². The van der Waals surface area contributed by atoms with Crippen molar-refractivity contribution in [3.05, 3.63) is 0 Å². The number of ether oxygens (including phenoxy) is 3. The van der Waals surface area contributed by atoms with E-state index in [0.717, 1.165) is 13.0 Å². The third kappa shape index (κ3) is 2.67. The molecule has 76 valence electrons. The van der Waals surface area contributed by atoms with Crippen LogP contribution in [0.25, 0.3) is 0 Å². The molecule has 4 nitrogen and oxygen atoms in total. The summed E-state index contributed by atoms with van der Waals surface area (Å²) in [5.41, 5.74) is 5.65. The van der Waals surface area contributed by atoms with Crippen LogP contribution in [0.2, 0.25) is 5.82 Å². The van der Waals surface area contributed by atoms with Crippen molar-refractivity contribution in [3.8, 4) is 0 Å². The molecule has 3 atom stereocenters. The van der Waals surface area contributed by atoms with Crippen molar-refractivity contribution in [2.24, 2.45) is 5.64 Å². The van der Waals surface area contributed by atoms with Gasteiger partial charge in [0.2, 0.25) is 7.41 Å². The number of hydrogen-bond donors (Lipinski definition) is 1. The predicted molar refractivity (Wildman–Crippen MR) is 52.1 cm³/mol. The average Bonchev–Trinajstić information content (AvgIpc) is 2.18. The zero-order chi connectivity index (χ0) is 9.68. The van der Waals surface area contributed by atoms with Gasteiger partial charge in [-0.3, -0.25) is 0 Å². The second-order valence-corrected chi connectivity index (χ2v) is 3.35. The van der Waals surface area contributed by atoms with Gasteiger partial charge in [0, 0.05) is 20.8 Å². The van der Waals surface area contributed by atoms with E-state index in [-0.39, 0.29) is 12.2 Å². The Balaban J connectivity index is 2.50. The summed E-state index contributed by atoms with van der Waals surface area (Å²) in [6, 6.07) is 0. The fourth-order valence-electron chi connectivity index (χ4n) is 1.84. The van der Waals surface area contributed by atoms with Gasteiger partial charge in [0.1, 0.15) is 6.10 Å². The van der Waals surface area contributed by atoms with Crippen molar-refractivity contribution < 1.29 is 14.2 Å². The third-order valence-corrected chi connectivity index (χ3v) is 2.56. The Morgan fingerprint density at radius 2 is 2.31 bits per heavy atom. The molecule has 0 aliphatic carbocycles. The van der Waals surface area contributed by atoms with Gasteiger partial charge in [0.25, 0.3) is 0 Å². The molecule has 1 aliphatic rings. The van der Waals surface area contributed by atoms with E-state index in [4.69, 9.17) is 19.9 Å². The van der Waals surface area contributed by atoms with Crippen LogP contribution in [0.15, 0.2) is 0 Å². The van der Waals surface area contributed by atoms with Crippen molar-refractivity contribution >= 4 is 7.41 Å². The summed E-state index contributed by atoms with van der Waals surface area (Å²) >= 11 is 0. The first-order chi connectivity index (χ1) is 6.33. The maximum absolute atomic E-state index is 5.65. The Morgan fingerprint density at radius 3 is 2.85 bits per heavy atom. The summed E-state index contributed by atoms with van der Waals surface area (Å²) in [5, 5.41) is 0. The van der Waals surface area contributed by atoms with Gasteiger partial charge >= 0.3 is 0 Å². The molecule has 0 saturated carbocycles. The molecule has 2 N–H and O–H groups in total. The zero-order valence-corrected chi connectivity index (χ0v) is 8.36. The van der Waals surface area contributed by atoms with E-state index in [1.807, 2.05) is 0 Å². The number of hydrogen-bond acceptors (Lipinski definition) is 4. The van der Waals surface area contributed by atoms with Crippen LogP contribution in [0, 0.1) is 0 Å². The van der Waals surface area contributed by atoms with Crippen LogP contribution in [-0.2, 0) is 14.2 Å². The number of rotatable bonds is 4. The number of nitrogens with two attached hydrogens (primary N) is 1. The molecule has 1 heterocycles. The molecule has 1 fully saturated rings. The lowest BCUT2D eigenvalue weighted by atomic mass is 9.69. The molecule has 1 saturated heterocycles. The minimum absolute atomic E-state index is 0.0392. The highest BCUT2D eigenvalue weighted by Crippen LogP contribution is 2.26. The fraction of sp³-hybridized carbons (Fsp3) is 1.00. The molecule has 0 amide bonds. The molecule has 13 heavy (non-hydrogen) atoms. The van der Waals surface area contributed by atoms with E-state index in [1.165, 1.54) is 0 Å². The molecule has 0 aromatic rings. The Labute approximate surface area is 80.0 Å². The Hall–Kier alpha value is -0.0951. The van der Waals surface area contributed by atoms with E-state index in [9.17, 15) is 0 Å². The van der Waals surface area contributed by atoms with E-state index in [1.54, 1.807) is 14.2 Å². The highest BCUT2D eigenvalue weighted by atomic mass is 16.6. The fourth-order valence-corrected chi connectivity index (χ4v) is 1.84. The lowest BCUT2D eigenvalue weighted by Gasteiger charge is -2.36. The molecular weight excluding hydrogens is 169 g/mol. The van der Waals surface area contributed by atoms with Crippen molar-refractivity contribution in [2.45, 2.75) is 24.4 Å². The third-order valence-electron chi connectivity index (χ3n) is 2.56. The van der Waals surface area contributed by atoms with Crippen LogP contribution < -0.4 is 5.64 Å². The second-order valence-electron chi connectivity index (χ2n) is 3.35. The van der Waals surface area contributed by atoms with Crippen molar-refractivity contribution in [2.75, 3.05) is 27.4 Å². The van der Waals surface area contributed by atoms with E-state index in [0.29, 0.717) is 19.8 Å². The molecule has 0 aromatic heterocycles.